The molecule has 0 aliphatic heterocycles. The number of rotatable bonds is 0. The molecule has 0 bridgehead atoms. The summed E-state index contributed by atoms with van der Waals surface area (Å²) in [5.41, 5.74) is 1.37. The Balaban J connectivity index is 2.97. The van der Waals surface area contributed by atoms with Gasteiger partial charge in [0.15, 0.2) is 0 Å². The van der Waals surface area contributed by atoms with Crippen LogP contribution in [0.25, 0.3) is 11.0 Å². The fraction of sp³-hybridized carbons (Fsp3) is 0. The number of halogens is 1. The van der Waals surface area contributed by atoms with Crippen molar-refractivity contribution >= 4 is 35.5 Å². The van der Waals surface area contributed by atoms with Crippen LogP contribution in [0.15, 0.2) is 18.2 Å². The molecule has 0 spiro atoms. The molecule has 1 aromatic heterocycles. The summed E-state index contributed by atoms with van der Waals surface area (Å²) in [6.07, 6.45) is 0. The van der Waals surface area contributed by atoms with Crippen LogP contribution in [-0.4, -0.2) is 9.97 Å². The molecule has 0 radical (unpaired) electrons. The number of aromatic nitrogens is 2. The van der Waals surface area contributed by atoms with Crippen molar-refractivity contribution in [3.8, 4) is 0 Å². The molecule has 1 heterocycles. The zero-order valence-electron chi connectivity index (χ0n) is 6.43. The van der Waals surface area contributed by atoms with Crippen molar-refractivity contribution in [1.82, 2.24) is 9.97 Å². The van der Waals surface area contributed by atoms with Crippen LogP contribution in [-0.2, 0) is 0 Å². The molecule has 66 valence electrons. The Kier molecular flexibility index (Phi) is 1.97. The zero-order chi connectivity index (χ0) is 9.42. The lowest BCUT2D eigenvalue weighted by molar-refractivity contribution is 0.629. The first-order chi connectivity index (χ1) is 6.16. The fourth-order valence-corrected chi connectivity index (χ4v) is 1.41. The van der Waals surface area contributed by atoms with Gasteiger partial charge >= 0.3 is 0 Å². The lowest BCUT2D eigenvalue weighted by atomic mass is 10.3. The number of nitrogens with one attached hydrogen (secondary N) is 2. The largest absolute Gasteiger partial charge is 0.342 e. The molecule has 0 fully saturated rings. The van der Waals surface area contributed by atoms with Gasteiger partial charge in [0, 0.05) is 0 Å². The summed E-state index contributed by atoms with van der Waals surface area (Å²) >= 11 is 9.84. The number of hydrogen-bond acceptors (Lipinski definition) is 2. The lowest BCUT2D eigenvalue weighted by Crippen LogP contribution is -1.86. The Bertz CT molecular complexity index is 570. The summed E-state index contributed by atoms with van der Waals surface area (Å²) in [5, 5.41) is 0. The van der Waals surface area contributed by atoms with Gasteiger partial charge in [0.1, 0.15) is 15.1 Å². The summed E-state index contributed by atoms with van der Waals surface area (Å²) in [5.74, 6) is -0.302. The Morgan fingerprint density at radius 3 is 2.31 bits per heavy atom. The van der Waals surface area contributed by atoms with E-state index in [1.807, 2.05) is 0 Å². The van der Waals surface area contributed by atoms with Crippen LogP contribution < -0.4 is 0 Å². The van der Waals surface area contributed by atoms with Crippen molar-refractivity contribution in [2.75, 3.05) is 0 Å². The SMILES string of the molecule is Fc1ccc2[nH]c(=S)c(=S)[nH]c2c1. The zero-order valence-corrected chi connectivity index (χ0v) is 8.06. The van der Waals surface area contributed by atoms with Crippen LogP contribution in [0.5, 0.6) is 0 Å². The number of benzene rings is 1. The Morgan fingerprint density at radius 2 is 1.62 bits per heavy atom. The number of aromatic amines is 2. The molecule has 5 heteroatoms. The predicted molar refractivity (Wildman–Crippen MR) is 54.3 cm³/mol. The summed E-state index contributed by atoms with van der Waals surface area (Å²) in [7, 11) is 0. The smallest absolute Gasteiger partial charge is 0.138 e. The van der Waals surface area contributed by atoms with Crippen LogP contribution in [0.4, 0.5) is 4.39 Å². The standard InChI is InChI=1S/C8H5FN2S2/c9-4-1-2-5-6(3-4)11-8(13)7(12)10-5/h1-3H,(H,10,12)(H,11,13). The van der Waals surface area contributed by atoms with Gasteiger partial charge in [0.05, 0.1) is 11.0 Å². The summed E-state index contributed by atoms with van der Waals surface area (Å²) in [4.78, 5) is 5.74. The van der Waals surface area contributed by atoms with Crippen LogP contribution >= 0.6 is 24.4 Å². The molecule has 0 unspecified atom stereocenters. The first-order valence-electron chi connectivity index (χ1n) is 3.59. The molecular weight excluding hydrogens is 207 g/mol. The van der Waals surface area contributed by atoms with E-state index in [2.05, 4.69) is 9.97 Å². The minimum absolute atomic E-state index is 0.302. The molecule has 2 N–H and O–H groups in total. The monoisotopic (exact) mass is 212 g/mol. The van der Waals surface area contributed by atoms with Gasteiger partial charge in [-0.15, -0.1) is 0 Å². The van der Waals surface area contributed by atoms with E-state index in [9.17, 15) is 4.39 Å². The highest BCUT2D eigenvalue weighted by Crippen LogP contribution is 2.10. The molecule has 0 aliphatic rings. The Hall–Kier alpha value is -1.07. The van der Waals surface area contributed by atoms with E-state index in [0.29, 0.717) is 14.8 Å². The van der Waals surface area contributed by atoms with E-state index >= 15 is 0 Å². The molecule has 0 atom stereocenters. The minimum atomic E-state index is -0.302. The summed E-state index contributed by atoms with van der Waals surface area (Å²) in [6, 6.07) is 4.35. The third kappa shape index (κ3) is 1.52. The van der Waals surface area contributed by atoms with Crippen molar-refractivity contribution in [1.29, 1.82) is 0 Å². The molecule has 1 aromatic carbocycles. The van der Waals surface area contributed by atoms with Gasteiger partial charge in [-0.25, -0.2) is 4.39 Å². The Labute approximate surface area is 83.4 Å². The van der Waals surface area contributed by atoms with Crippen LogP contribution in [0.1, 0.15) is 0 Å². The average molecular weight is 212 g/mol. The average Bonchev–Trinajstić information content (AvgIpc) is 2.08. The second-order valence-corrected chi connectivity index (χ2v) is 3.41. The molecule has 13 heavy (non-hydrogen) atoms. The summed E-state index contributed by atoms with van der Waals surface area (Å²) < 4.78 is 13.7. The predicted octanol–water partition coefficient (Wildman–Crippen LogP) is 3.09. The third-order valence-corrected chi connectivity index (χ3v) is 2.43. The maximum atomic E-state index is 12.8. The molecule has 2 nitrogen and oxygen atoms in total. The van der Waals surface area contributed by atoms with E-state index in [4.69, 9.17) is 24.4 Å². The normalized spacial score (nSPS) is 10.5. The Morgan fingerprint density at radius 1 is 1.00 bits per heavy atom. The maximum Gasteiger partial charge on any atom is 0.138 e. The van der Waals surface area contributed by atoms with Crippen molar-refractivity contribution in [2.45, 2.75) is 0 Å². The first kappa shape index (κ1) is 8.52. The lowest BCUT2D eigenvalue weighted by Gasteiger charge is -1.97. The number of hydrogen-bond donors (Lipinski definition) is 2. The highest BCUT2D eigenvalue weighted by Gasteiger charge is 1.96. The van der Waals surface area contributed by atoms with Crippen LogP contribution in [0.3, 0.4) is 0 Å². The molecule has 2 rings (SSSR count). The van der Waals surface area contributed by atoms with Gasteiger partial charge in [0.2, 0.25) is 0 Å². The van der Waals surface area contributed by atoms with Crippen molar-refractivity contribution in [2.24, 2.45) is 0 Å². The maximum absolute atomic E-state index is 12.8. The van der Waals surface area contributed by atoms with E-state index in [-0.39, 0.29) is 5.82 Å². The highest BCUT2D eigenvalue weighted by molar-refractivity contribution is 7.73. The molecule has 0 amide bonds. The van der Waals surface area contributed by atoms with Crippen molar-refractivity contribution < 1.29 is 4.39 Å². The summed E-state index contributed by atoms with van der Waals surface area (Å²) in [6.45, 7) is 0. The van der Waals surface area contributed by atoms with Crippen LogP contribution in [0, 0.1) is 15.1 Å². The second kappa shape index (κ2) is 3.01. The van der Waals surface area contributed by atoms with E-state index < -0.39 is 0 Å². The first-order valence-corrected chi connectivity index (χ1v) is 4.40. The number of fused-ring (bicyclic) bond motifs is 1. The van der Waals surface area contributed by atoms with E-state index in [1.165, 1.54) is 12.1 Å². The quantitative estimate of drug-likeness (QED) is 0.657. The molecule has 0 saturated carbocycles. The third-order valence-electron chi connectivity index (χ3n) is 1.68. The van der Waals surface area contributed by atoms with Gasteiger partial charge in [-0.05, 0) is 18.2 Å². The van der Waals surface area contributed by atoms with Gasteiger partial charge < -0.3 is 9.97 Å². The van der Waals surface area contributed by atoms with Crippen molar-refractivity contribution in [3.63, 3.8) is 0 Å². The van der Waals surface area contributed by atoms with Gasteiger partial charge in [-0.1, -0.05) is 24.4 Å². The van der Waals surface area contributed by atoms with Crippen molar-refractivity contribution in [3.05, 3.63) is 33.3 Å². The van der Waals surface area contributed by atoms with Gasteiger partial charge in [0.25, 0.3) is 0 Å². The van der Waals surface area contributed by atoms with Gasteiger partial charge in [-0.3, -0.25) is 0 Å². The number of H-pyrrole nitrogens is 2. The molecule has 0 aliphatic carbocycles. The van der Waals surface area contributed by atoms with E-state index in [1.54, 1.807) is 6.07 Å². The molecule has 2 aromatic rings. The minimum Gasteiger partial charge on any atom is -0.342 e. The van der Waals surface area contributed by atoms with Crippen LogP contribution in [0.2, 0.25) is 0 Å². The molecule has 0 saturated heterocycles. The fourth-order valence-electron chi connectivity index (χ4n) is 1.09. The van der Waals surface area contributed by atoms with E-state index in [0.717, 1.165) is 5.52 Å². The van der Waals surface area contributed by atoms with Gasteiger partial charge in [-0.2, -0.15) is 0 Å². The molecular formula is C8H5FN2S2. The highest BCUT2D eigenvalue weighted by atomic mass is 32.1. The topological polar surface area (TPSA) is 31.6 Å². The second-order valence-electron chi connectivity index (χ2n) is 2.60.